The van der Waals surface area contributed by atoms with Gasteiger partial charge in [-0.05, 0) is 222 Å². The largest absolute Gasteiger partial charge is 0.0622 e. The van der Waals surface area contributed by atoms with Gasteiger partial charge in [0.1, 0.15) is 0 Å². The molecule has 19 aromatic rings. The molecule has 19 aromatic carbocycles. The fourth-order valence-electron chi connectivity index (χ4n) is 15.1. The van der Waals surface area contributed by atoms with Gasteiger partial charge in [-0.25, -0.2) is 0 Å². The Morgan fingerprint density at radius 2 is 0.355 bits per heavy atom. The molecule has 0 aliphatic rings. The van der Waals surface area contributed by atoms with Crippen LogP contribution in [0.2, 0.25) is 0 Å². The number of aryl methyl sites for hydroxylation is 5. The first-order chi connectivity index (χ1) is 59.5. The van der Waals surface area contributed by atoms with Crippen LogP contribution in [0.1, 0.15) is 38.9 Å². The van der Waals surface area contributed by atoms with Crippen molar-refractivity contribution in [3.63, 3.8) is 0 Å². The Kier molecular flexibility index (Phi) is 30.5. The van der Waals surface area contributed by atoms with E-state index in [0.717, 1.165) is 0 Å². The summed E-state index contributed by atoms with van der Waals surface area (Å²) in [4.78, 5) is 0. The zero-order valence-corrected chi connectivity index (χ0v) is 70.4. The lowest BCUT2D eigenvalue weighted by Gasteiger charge is -2.17. The van der Waals surface area contributed by atoms with E-state index in [-0.39, 0.29) is 0 Å². The van der Waals surface area contributed by atoms with Crippen molar-refractivity contribution in [2.45, 2.75) is 48.5 Å². The number of hydrogen-bond acceptors (Lipinski definition) is 0. The van der Waals surface area contributed by atoms with Crippen LogP contribution >= 0.6 is 0 Å². The molecular weight excluding hydrogens is 1450 g/mol. The van der Waals surface area contributed by atoms with E-state index in [2.05, 4.69) is 534 Å². The summed E-state index contributed by atoms with van der Waals surface area (Å²) in [5, 5.41) is 0. The standard InChI is InChI=1S/C25H20.3C19H16.3C13H12/c1-19-23(20-11-5-2-6-12-20)17-18-24(21-13-7-3-8-14-21)25(19)22-15-9-4-10-16-22;1-15-18(16-9-4-2-5-10-16)13-8-14-19(15)17-11-6-3-7-12-17;1-15-12-18(16-8-4-2-5-9-16)14-19(13-15)17-10-6-3-7-11-17;1-15-12-13-18(16-8-4-2-5-9-16)14-19(15)17-10-6-3-7-11-17;1-11-7-5-6-10-13(11)12-8-3-2-4-9-12;1-11-6-5-9-13(10-11)12-7-3-2-4-8-12;1-11-7-9-13(10-8-11)12-5-3-2-4-6-12/h2-18H,1H3;3*2-14H,1H3;3*2-10H,1H3. The predicted molar refractivity (Wildman–Crippen MR) is 523 cm³/mol. The van der Waals surface area contributed by atoms with Crippen molar-refractivity contribution in [3.05, 3.63) is 542 Å². The summed E-state index contributed by atoms with van der Waals surface area (Å²) in [6.07, 6.45) is 0. The minimum atomic E-state index is 1.25. The quantitative estimate of drug-likeness (QED) is 0.114. The Bertz CT molecular complexity index is 6110. The summed E-state index contributed by atoms with van der Waals surface area (Å²) in [6, 6.07) is 177. The molecular formula is C121H104. The van der Waals surface area contributed by atoms with Crippen molar-refractivity contribution in [2.75, 3.05) is 0 Å². The van der Waals surface area contributed by atoms with Crippen LogP contribution in [0, 0.1) is 48.5 Å². The number of hydrogen-bond donors (Lipinski definition) is 0. The summed E-state index contributed by atoms with van der Waals surface area (Å²) in [6.45, 7) is 15.1. The molecule has 0 aromatic heterocycles. The Balaban J connectivity index is 0.000000123. The van der Waals surface area contributed by atoms with Crippen molar-refractivity contribution in [2.24, 2.45) is 0 Å². The molecule has 19 rings (SSSR count). The highest BCUT2D eigenvalue weighted by Crippen LogP contribution is 2.41. The average Bonchev–Trinajstić information content (AvgIpc) is 0.667. The van der Waals surface area contributed by atoms with Crippen LogP contribution in [0.5, 0.6) is 0 Å². The molecule has 0 spiro atoms. The maximum Gasteiger partial charge on any atom is -0.00699 e. The van der Waals surface area contributed by atoms with E-state index < -0.39 is 0 Å². The van der Waals surface area contributed by atoms with Gasteiger partial charge < -0.3 is 0 Å². The van der Waals surface area contributed by atoms with Crippen LogP contribution in [-0.4, -0.2) is 0 Å². The molecule has 0 aliphatic carbocycles. The molecule has 0 radical (unpaired) electrons. The van der Waals surface area contributed by atoms with Crippen LogP contribution in [0.25, 0.3) is 134 Å². The maximum absolute atomic E-state index is 2.28. The number of benzene rings is 19. The normalized spacial score (nSPS) is 10.3. The highest BCUT2D eigenvalue weighted by molar-refractivity contribution is 5.91. The Morgan fingerprint density at radius 1 is 0.107 bits per heavy atom. The minimum absolute atomic E-state index is 1.25. The molecule has 0 saturated carbocycles. The molecule has 0 bridgehead atoms. The van der Waals surface area contributed by atoms with Crippen LogP contribution in [0.4, 0.5) is 0 Å². The Morgan fingerprint density at radius 3 is 0.744 bits per heavy atom. The third-order valence-corrected chi connectivity index (χ3v) is 21.4. The van der Waals surface area contributed by atoms with Gasteiger partial charge in [0, 0.05) is 0 Å². The molecule has 0 unspecified atom stereocenters. The summed E-state index contributed by atoms with van der Waals surface area (Å²) in [7, 11) is 0. The minimum Gasteiger partial charge on any atom is -0.0622 e. The zero-order chi connectivity index (χ0) is 83.6. The lowest BCUT2D eigenvalue weighted by Crippen LogP contribution is -1.93. The van der Waals surface area contributed by atoms with E-state index in [0.29, 0.717) is 0 Å². The Hall–Kier alpha value is -14.8. The van der Waals surface area contributed by atoms with Gasteiger partial charge in [-0.2, -0.15) is 0 Å². The van der Waals surface area contributed by atoms with Crippen molar-refractivity contribution in [1.82, 2.24) is 0 Å². The molecule has 0 heterocycles. The molecule has 0 saturated heterocycles. The Labute approximate surface area is 719 Å². The van der Waals surface area contributed by atoms with Crippen molar-refractivity contribution < 1.29 is 0 Å². The summed E-state index contributed by atoms with van der Waals surface area (Å²) in [5.74, 6) is 0. The summed E-state index contributed by atoms with van der Waals surface area (Å²) in [5.41, 5.74) is 40.0. The highest BCUT2D eigenvalue weighted by Gasteiger charge is 2.16. The predicted octanol–water partition coefficient (Wildman–Crippen LogP) is 34.0. The van der Waals surface area contributed by atoms with E-state index in [1.807, 2.05) is 18.2 Å². The van der Waals surface area contributed by atoms with E-state index in [4.69, 9.17) is 0 Å². The highest BCUT2D eigenvalue weighted by atomic mass is 14.2. The molecule has 0 heteroatoms. The second-order valence-corrected chi connectivity index (χ2v) is 30.2. The van der Waals surface area contributed by atoms with Crippen molar-refractivity contribution in [3.8, 4) is 134 Å². The molecule has 0 N–H and O–H groups in total. The van der Waals surface area contributed by atoms with E-state index in [9.17, 15) is 0 Å². The van der Waals surface area contributed by atoms with Gasteiger partial charge in [0.15, 0.2) is 0 Å². The van der Waals surface area contributed by atoms with Crippen LogP contribution < -0.4 is 0 Å². The third-order valence-electron chi connectivity index (χ3n) is 21.4. The SMILES string of the molecule is Cc1c(-c2ccccc2)ccc(-c2ccccc2)c1-c1ccccc1.Cc1c(-c2ccccc2)cccc1-c1ccccc1.Cc1cc(-c2ccccc2)cc(-c2ccccc2)c1.Cc1ccc(-c2ccccc2)cc1.Cc1ccc(-c2ccccc2)cc1-c1ccccc1.Cc1cccc(-c2ccccc2)c1.Cc1ccccc1-c1ccccc1. The first kappa shape index (κ1) is 84.1. The fraction of sp³-hybridized carbons (Fsp3) is 0.0579. The average molecular weight is 1560 g/mol. The smallest absolute Gasteiger partial charge is 0.00699 e. The van der Waals surface area contributed by atoms with Crippen molar-refractivity contribution >= 4 is 0 Å². The van der Waals surface area contributed by atoms with E-state index in [1.54, 1.807) is 0 Å². The van der Waals surface area contributed by atoms with Crippen LogP contribution in [0.15, 0.2) is 504 Å². The molecule has 0 aliphatic heterocycles. The van der Waals surface area contributed by atoms with Gasteiger partial charge >= 0.3 is 0 Å². The van der Waals surface area contributed by atoms with Gasteiger partial charge in [0.25, 0.3) is 0 Å². The molecule has 0 fully saturated rings. The van der Waals surface area contributed by atoms with Gasteiger partial charge in [0.2, 0.25) is 0 Å². The monoisotopic (exact) mass is 1560 g/mol. The third kappa shape index (κ3) is 24.0. The lowest BCUT2D eigenvalue weighted by atomic mass is 9.86. The van der Waals surface area contributed by atoms with Crippen LogP contribution in [0.3, 0.4) is 0 Å². The van der Waals surface area contributed by atoms with E-state index >= 15 is 0 Å². The van der Waals surface area contributed by atoms with Crippen LogP contribution in [-0.2, 0) is 0 Å². The van der Waals surface area contributed by atoms with Gasteiger partial charge in [-0.3, -0.25) is 0 Å². The first-order valence-corrected chi connectivity index (χ1v) is 41.8. The van der Waals surface area contributed by atoms with E-state index in [1.165, 1.54) is 172 Å². The van der Waals surface area contributed by atoms with Gasteiger partial charge in [-0.1, -0.05) is 503 Å². The molecule has 0 atom stereocenters. The zero-order valence-electron chi connectivity index (χ0n) is 70.4. The second kappa shape index (κ2) is 43.9. The summed E-state index contributed by atoms with van der Waals surface area (Å²) >= 11 is 0. The second-order valence-electron chi connectivity index (χ2n) is 30.2. The lowest BCUT2D eigenvalue weighted by molar-refractivity contribution is 1.44. The number of rotatable bonds is 12. The molecule has 121 heavy (non-hydrogen) atoms. The summed E-state index contributed by atoms with van der Waals surface area (Å²) < 4.78 is 0. The molecule has 588 valence electrons. The maximum atomic E-state index is 2.28. The molecule has 0 nitrogen and oxygen atoms in total. The molecule has 0 amide bonds. The van der Waals surface area contributed by atoms with Gasteiger partial charge in [0.05, 0.1) is 0 Å². The fourth-order valence-corrected chi connectivity index (χ4v) is 15.1. The van der Waals surface area contributed by atoms with Gasteiger partial charge in [-0.15, -0.1) is 0 Å². The first-order valence-electron chi connectivity index (χ1n) is 41.8. The van der Waals surface area contributed by atoms with Crippen molar-refractivity contribution in [1.29, 1.82) is 0 Å². The topological polar surface area (TPSA) is 0 Å².